The van der Waals surface area contributed by atoms with E-state index < -0.39 is 11.7 Å². The van der Waals surface area contributed by atoms with Gasteiger partial charge < -0.3 is 9.84 Å². The highest BCUT2D eigenvalue weighted by molar-refractivity contribution is 6.09. The van der Waals surface area contributed by atoms with Crippen molar-refractivity contribution in [3.8, 4) is 5.75 Å². The zero-order chi connectivity index (χ0) is 16.2. The van der Waals surface area contributed by atoms with Crippen molar-refractivity contribution in [1.29, 1.82) is 0 Å². The van der Waals surface area contributed by atoms with E-state index in [9.17, 15) is 18.0 Å². The number of aliphatic hydroxyl groups excluding tert-OH is 1. The summed E-state index contributed by atoms with van der Waals surface area (Å²) < 4.78 is 42.6. The van der Waals surface area contributed by atoms with Gasteiger partial charge in [0.1, 0.15) is 12.4 Å². The molecule has 0 aliphatic heterocycles. The molecular weight excluding hydrogens is 297 g/mol. The van der Waals surface area contributed by atoms with Crippen LogP contribution in [0.15, 0.2) is 48.5 Å². The highest BCUT2D eigenvalue weighted by Gasteiger charge is 2.30. The lowest BCUT2D eigenvalue weighted by atomic mass is 10.0. The van der Waals surface area contributed by atoms with Crippen molar-refractivity contribution in [3.05, 3.63) is 65.2 Å². The Morgan fingerprint density at radius 1 is 0.955 bits per heavy atom. The Morgan fingerprint density at radius 2 is 1.45 bits per heavy atom. The van der Waals surface area contributed by atoms with Crippen molar-refractivity contribution in [1.82, 2.24) is 0 Å². The molecule has 1 N–H and O–H groups in total. The van der Waals surface area contributed by atoms with Crippen LogP contribution in [-0.4, -0.2) is 24.1 Å². The SMILES string of the molecule is O=C(c1ccc(OCCO)cc1)c1ccc(C(F)(F)F)cc1. The van der Waals surface area contributed by atoms with Crippen LogP contribution in [0.1, 0.15) is 21.5 Å². The van der Waals surface area contributed by atoms with Gasteiger partial charge >= 0.3 is 6.18 Å². The molecular formula is C16H13F3O3. The van der Waals surface area contributed by atoms with Gasteiger partial charge in [-0.15, -0.1) is 0 Å². The molecule has 0 spiro atoms. The standard InChI is InChI=1S/C16H13F3O3/c17-16(18,19)13-5-1-11(2-6-13)15(21)12-3-7-14(8-4-12)22-10-9-20/h1-8,20H,9-10H2. The fourth-order valence-corrected chi connectivity index (χ4v) is 1.84. The fourth-order valence-electron chi connectivity index (χ4n) is 1.84. The molecule has 2 rings (SSSR count). The van der Waals surface area contributed by atoms with E-state index >= 15 is 0 Å². The summed E-state index contributed by atoms with van der Waals surface area (Å²) in [6.07, 6.45) is -4.42. The van der Waals surface area contributed by atoms with Gasteiger partial charge in [0.25, 0.3) is 0 Å². The van der Waals surface area contributed by atoms with E-state index in [0.717, 1.165) is 24.3 Å². The van der Waals surface area contributed by atoms with Crippen LogP contribution >= 0.6 is 0 Å². The number of halogens is 3. The fraction of sp³-hybridized carbons (Fsp3) is 0.188. The quantitative estimate of drug-likeness (QED) is 0.862. The van der Waals surface area contributed by atoms with Gasteiger partial charge in [0.15, 0.2) is 5.78 Å². The van der Waals surface area contributed by atoms with Crippen LogP contribution < -0.4 is 4.74 Å². The number of ketones is 1. The summed E-state index contributed by atoms with van der Waals surface area (Å²) >= 11 is 0. The smallest absolute Gasteiger partial charge is 0.416 e. The Hall–Kier alpha value is -2.34. The second-order valence-corrected chi connectivity index (χ2v) is 4.50. The van der Waals surface area contributed by atoms with Gasteiger partial charge in [0.2, 0.25) is 0 Å². The van der Waals surface area contributed by atoms with E-state index in [0.29, 0.717) is 11.3 Å². The van der Waals surface area contributed by atoms with Crippen LogP contribution in [0.5, 0.6) is 5.75 Å². The highest BCUT2D eigenvalue weighted by Crippen LogP contribution is 2.29. The van der Waals surface area contributed by atoms with E-state index in [1.807, 2.05) is 0 Å². The van der Waals surface area contributed by atoms with E-state index in [1.165, 1.54) is 12.1 Å². The number of hydrogen-bond acceptors (Lipinski definition) is 3. The molecule has 0 aliphatic rings. The van der Waals surface area contributed by atoms with Gasteiger partial charge in [-0.3, -0.25) is 4.79 Å². The van der Waals surface area contributed by atoms with Gasteiger partial charge in [0, 0.05) is 11.1 Å². The second kappa shape index (κ2) is 6.62. The average Bonchev–Trinajstić information content (AvgIpc) is 2.52. The molecule has 0 unspecified atom stereocenters. The first kappa shape index (κ1) is 16.0. The number of aliphatic hydroxyl groups is 1. The minimum absolute atomic E-state index is 0.119. The Bertz CT molecular complexity index is 631. The zero-order valence-electron chi connectivity index (χ0n) is 11.4. The molecule has 0 aliphatic carbocycles. The number of carbonyl (C=O) groups excluding carboxylic acids is 1. The number of hydrogen-bond donors (Lipinski definition) is 1. The molecule has 0 atom stereocenters. The number of ether oxygens (including phenoxy) is 1. The summed E-state index contributed by atoms with van der Waals surface area (Å²) in [6, 6.07) is 10.2. The summed E-state index contributed by atoms with van der Waals surface area (Å²) in [5.74, 6) is 0.125. The minimum Gasteiger partial charge on any atom is -0.491 e. The van der Waals surface area contributed by atoms with Crippen molar-refractivity contribution in [2.24, 2.45) is 0 Å². The highest BCUT2D eigenvalue weighted by atomic mass is 19.4. The Balaban J connectivity index is 2.14. The molecule has 0 amide bonds. The van der Waals surface area contributed by atoms with E-state index in [-0.39, 0.29) is 24.6 Å². The van der Waals surface area contributed by atoms with Crippen LogP contribution in [0.2, 0.25) is 0 Å². The lowest BCUT2D eigenvalue weighted by Gasteiger charge is -2.08. The van der Waals surface area contributed by atoms with Crippen LogP contribution in [-0.2, 0) is 6.18 Å². The Labute approximate surface area is 125 Å². The summed E-state index contributed by atoms with van der Waals surface area (Å²) in [4.78, 5) is 12.2. The molecule has 116 valence electrons. The first-order valence-electron chi connectivity index (χ1n) is 6.47. The predicted octanol–water partition coefficient (Wildman–Crippen LogP) is 3.31. The average molecular weight is 310 g/mol. The number of benzene rings is 2. The first-order valence-corrected chi connectivity index (χ1v) is 6.47. The Morgan fingerprint density at radius 3 is 1.91 bits per heavy atom. The molecule has 3 nitrogen and oxygen atoms in total. The third-order valence-corrected chi connectivity index (χ3v) is 2.95. The first-order chi connectivity index (χ1) is 10.4. The van der Waals surface area contributed by atoms with Crippen LogP contribution in [0.3, 0.4) is 0 Å². The molecule has 0 bridgehead atoms. The topological polar surface area (TPSA) is 46.5 Å². The van der Waals surface area contributed by atoms with Crippen molar-refractivity contribution in [3.63, 3.8) is 0 Å². The summed E-state index contributed by atoms with van der Waals surface area (Å²) in [5.41, 5.74) is -0.273. The van der Waals surface area contributed by atoms with Gasteiger partial charge in [0.05, 0.1) is 12.2 Å². The lowest BCUT2D eigenvalue weighted by molar-refractivity contribution is -0.137. The van der Waals surface area contributed by atoms with Gasteiger partial charge in [-0.25, -0.2) is 0 Å². The Kier molecular flexibility index (Phi) is 4.82. The van der Waals surface area contributed by atoms with Crippen molar-refractivity contribution < 1.29 is 27.8 Å². The number of carbonyl (C=O) groups is 1. The number of alkyl halides is 3. The van der Waals surface area contributed by atoms with Crippen LogP contribution in [0, 0.1) is 0 Å². The zero-order valence-corrected chi connectivity index (χ0v) is 11.4. The predicted molar refractivity (Wildman–Crippen MR) is 73.9 cm³/mol. The van der Waals surface area contributed by atoms with E-state index in [4.69, 9.17) is 9.84 Å². The molecule has 0 heterocycles. The number of rotatable bonds is 5. The van der Waals surface area contributed by atoms with Crippen molar-refractivity contribution >= 4 is 5.78 Å². The normalized spacial score (nSPS) is 11.3. The van der Waals surface area contributed by atoms with Crippen LogP contribution in [0.25, 0.3) is 0 Å². The molecule has 2 aromatic rings. The minimum atomic E-state index is -4.42. The molecule has 0 fully saturated rings. The van der Waals surface area contributed by atoms with E-state index in [2.05, 4.69) is 0 Å². The maximum absolute atomic E-state index is 12.5. The maximum Gasteiger partial charge on any atom is 0.416 e. The van der Waals surface area contributed by atoms with E-state index in [1.54, 1.807) is 12.1 Å². The van der Waals surface area contributed by atoms with Gasteiger partial charge in [-0.2, -0.15) is 13.2 Å². The molecule has 6 heteroatoms. The molecule has 0 saturated heterocycles. The third-order valence-electron chi connectivity index (χ3n) is 2.95. The van der Waals surface area contributed by atoms with Crippen molar-refractivity contribution in [2.45, 2.75) is 6.18 Å². The van der Waals surface area contributed by atoms with Gasteiger partial charge in [-0.1, -0.05) is 12.1 Å². The second-order valence-electron chi connectivity index (χ2n) is 4.50. The monoisotopic (exact) mass is 310 g/mol. The largest absolute Gasteiger partial charge is 0.491 e. The molecule has 0 radical (unpaired) electrons. The molecule has 0 aromatic heterocycles. The molecule has 2 aromatic carbocycles. The molecule has 0 saturated carbocycles. The third kappa shape index (κ3) is 3.85. The lowest BCUT2D eigenvalue weighted by Crippen LogP contribution is -2.07. The summed E-state index contributed by atoms with van der Waals surface area (Å²) in [7, 11) is 0. The molecule has 22 heavy (non-hydrogen) atoms. The van der Waals surface area contributed by atoms with Crippen molar-refractivity contribution in [2.75, 3.05) is 13.2 Å². The summed E-state index contributed by atoms with van der Waals surface area (Å²) in [6.45, 7) is 0.0262. The maximum atomic E-state index is 12.5. The van der Waals surface area contributed by atoms with Gasteiger partial charge in [-0.05, 0) is 36.4 Å². The van der Waals surface area contributed by atoms with Crippen LogP contribution in [0.4, 0.5) is 13.2 Å². The summed E-state index contributed by atoms with van der Waals surface area (Å²) in [5, 5.41) is 8.64.